The molecule has 0 heterocycles. The fourth-order valence-corrected chi connectivity index (χ4v) is 3.74. The van der Waals surface area contributed by atoms with Crippen LogP contribution in [0.5, 0.6) is 0 Å². The molecule has 1 aromatic rings. The van der Waals surface area contributed by atoms with Crippen LogP contribution in [-0.2, 0) is 22.1 Å². The summed E-state index contributed by atoms with van der Waals surface area (Å²) < 4.78 is 11.4. The van der Waals surface area contributed by atoms with Crippen molar-refractivity contribution >= 4 is 16.7 Å². The van der Waals surface area contributed by atoms with E-state index >= 15 is 0 Å². The lowest BCUT2D eigenvalue weighted by Gasteiger charge is -2.29. The van der Waals surface area contributed by atoms with Gasteiger partial charge < -0.3 is 10.6 Å². The molecule has 3 atom stereocenters. The molecule has 1 amide bonds. The van der Waals surface area contributed by atoms with E-state index < -0.39 is 10.8 Å². The van der Waals surface area contributed by atoms with Gasteiger partial charge in [-0.1, -0.05) is 18.6 Å². The SMILES string of the molecule is C[S@](=O)c1ccc(CN[C@@H]2CCC[C@@H](C(=O)NC3CC3)C2)cc1. The number of rotatable bonds is 6. The summed E-state index contributed by atoms with van der Waals surface area (Å²) >= 11 is 0. The molecule has 3 rings (SSSR count). The largest absolute Gasteiger partial charge is 0.353 e. The van der Waals surface area contributed by atoms with Crippen molar-refractivity contribution in [2.75, 3.05) is 6.26 Å². The summed E-state index contributed by atoms with van der Waals surface area (Å²) in [5.74, 6) is 0.431. The lowest BCUT2D eigenvalue weighted by Crippen LogP contribution is -2.40. The summed E-state index contributed by atoms with van der Waals surface area (Å²) in [6.07, 6.45) is 8.22. The highest BCUT2D eigenvalue weighted by Crippen LogP contribution is 2.27. The zero-order valence-electron chi connectivity index (χ0n) is 13.7. The Kier molecular flexibility index (Phi) is 5.49. The van der Waals surface area contributed by atoms with Gasteiger partial charge in [0, 0.05) is 46.5 Å². The Morgan fingerprint density at radius 1 is 1.13 bits per heavy atom. The maximum absolute atomic E-state index is 12.2. The minimum Gasteiger partial charge on any atom is -0.353 e. The molecule has 0 radical (unpaired) electrons. The Balaban J connectivity index is 1.47. The van der Waals surface area contributed by atoms with Crippen molar-refractivity contribution in [2.24, 2.45) is 5.92 Å². The van der Waals surface area contributed by atoms with Crippen LogP contribution in [0, 0.1) is 5.92 Å². The Labute approximate surface area is 140 Å². The summed E-state index contributed by atoms with van der Waals surface area (Å²) in [7, 11) is -0.920. The van der Waals surface area contributed by atoms with Gasteiger partial charge in [0.2, 0.25) is 5.91 Å². The number of carbonyl (C=O) groups is 1. The number of hydrogen-bond acceptors (Lipinski definition) is 3. The fraction of sp³-hybridized carbons (Fsp3) is 0.611. The van der Waals surface area contributed by atoms with Gasteiger partial charge in [0.15, 0.2) is 0 Å². The number of hydrogen-bond donors (Lipinski definition) is 2. The van der Waals surface area contributed by atoms with Crippen molar-refractivity contribution in [1.82, 2.24) is 10.6 Å². The minimum absolute atomic E-state index is 0.173. The van der Waals surface area contributed by atoms with E-state index in [0.29, 0.717) is 12.1 Å². The monoisotopic (exact) mass is 334 g/mol. The van der Waals surface area contributed by atoms with Crippen LogP contribution in [-0.4, -0.2) is 28.5 Å². The molecule has 0 aliphatic heterocycles. The Morgan fingerprint density at radius 3 is 2.52 bits per heavy atom. The molecular weight excluding hydrogens is 308 g/mol. The zero-order valence-corrected chi connectivity index (χ0v) is 14.5. The number of carbonyl (C=O) groups excluding carboxylic acids is 1. The molecule has 2 N–H and O–H groups in total. The highest BCUT2D eigenvalue weighted by Gasteiger charge is 2.30. The number of benzene rings is 1. The lowest BCUT2D eigenvalue weighted by molar-refractivity contribution is -0.126. The first-order valence-corrected chi connectivity index (χ1v) is 10.1. The molecular formula is C18H26N2O2S. The summed E-state index contributed by atoms with van der Waals surface area (Å²) in [6, 6.07) is 8.80. The molecule has 0 bridgehead atoms. The molecule has 0 saturated heterocycles. The summed E-state index contributed by atoms with van der Waals surface area (Å²) in [6.45, 7) is 0.804. The predicted octanol–water partition coefficient (Wildman–Crippen LogP) is 2.35. The molecule has 2 fully saturated rings. The first-order chi connectivity index (χ1) is 11.1. The van der Waals surface area contributed by atoms with E-state index in [2.05, 4.69) is 10.6 Å². The first kappa shape index (κ1) is 16.7. The van der Waals surface area contributed by atoms with Gasteiger partial charge in [0.05, 0.1) is 0 Å². The quantitative estimate of drug-likeness (QED) is 0.839. The summed E-state index contributed by atoms with van der Waals surface area (Å²) in [4.78, 5) is 13.1. The molecule has 2 aliphatic carbocycles. The molecule has 0 aromatic heterocycles. The van der Waals surface area contributed by atoms with Crippen molar-refractivity contribution < 1.29 is 9.00 Å². The Hall–Kier alpha value is -1.20. The maximum Gasteiger partial charge on any atom is 0.223 e. The van der Waals surface area contributed by atoms with E-state index in [-0.39, 0.29) is 11.8 Å². The van der Waals surface area contributed by atoms with E-state index in [4.69, 9.17) is 0 Å². The molecule has 4 nitrogen and oxygen atoms in total. The number of nitrogens with one attached hydrogen (secondary N) is 2. The van der Waals surface area contributed by atoms with Crippen LogP contribution in [0.4, 0.5) is 0 Å². The third-order valence-electron chi connectivity index (χ3n) is 4.82. The van der Waals surface area contributed by atoms with Crippen LogP contribution in [0.3, 0.4) is 0 Å². The summed E-state index contributed by atoms with van der Waals surface area (Å²) in [5.41, 5.74) is 1.20. The van der Waals surface area contributed by atoms with Gasteiger partial charge in [-0.3, -0.25) is 9.00 Å². The second kappa shape index (κ2) is 7.58. The normalized spacial score (nSPS) is 25.8. The second-order valence-electron chi connectivity index (χ2n) is 6.82. The standard InChI is InChI=1S/C18H26N2O2S/c1-23(22)17-9-5-13(6-10-17)12-19-16-4-2-3-14(11-16)18(21)20-15-7-8-15/h5-6,9-10,14-16,19H,2-4,7-8,11-12H2,1H3,(H,20,21)/t14-,16-,23+/m1/s1. The van der Waals surface area contributed by atoms with Crippen LogP contribution in [0.25, 0.3) is 0 Å². The van der Waals surface area contributed by atoms with E-state index in [9.17, 15) is 9.00 Å². The van der Waals surface area contributed by atoms with Crippen molar-refractivity contribution in [2.45, 2.75) is 62.0 Å². The lowest BCUT2D eigenvalue weighted by atomic mass is 9.85. The molecule has 5 heteroatoms. The predicted molar refractivity (Wildman–Crippen MR) is 92.5 cm³/mol. The molecule has 0 unspecified atom stereocenters. The number of amides is 1. The van der Waals surface area contributed by atoms with Gasteiger partial charge in [-0.15, -0.1) is 0 Å². The smallest absolute Gasteiger partial charge is 0.223 e. The third-order valence-corrected chi connectivity index (χ3v) is 5.75. The van der Waals surface area contributed by atoms with Crippen LogP contribution in [0.1, 0.15) is 44.1 Å². The Bertz CT molecular complexity index is 569. The van der Waals surface area contributed by atoms with Crippen molar-refractivity contribution in [3.63, 3.8) is 0 Å². The van der Waals surface area contributed by atoms with Gasteiger partial charge in [-0.2, -0.15) is 0 Å². The first-order valence-electron chi connectivity index (χ1n) is 8.58. The average Bonchev–Trinajstić information content (AvgIpc) is 3.37. The third kappa shape index (κ3) is 4.88. The maximum atomic E-state index is 12.2. The van der Waals surface area contributed by atoms with Gasteiger partial charge in [0.1, 0.15) is 0 Å². The van der Waals surface area contributed by atoms with Gasteiger partial charge in [0.25, 0.3) is 0 Å². The minimum atomic E-state index is -0.920. The Morgan fingerprint density at radius 2 is 1.87 bits per heavy atom. The van der Waals surface area contributed by atoms with Crippen LogP contribution < -0.4 is 10.6 Å². The molecule has 126 valence electrons. The van der Waals surface area contributed by atoms with Crippen molar-refractivity contribution in [3.05, 3.63) is 29.8 Å². The van der Waals surface area contributed by atoms with E-state index in [1.54, 1.807) is 6.26 Å². The topological polar surface area (TPSA) is 58.2 Å². The van der Waals surface area contributed by atoms with Crippen LogP contribution >= 0.6 is 0 Å². The van der Waals surface area contributed by atoms with Crippen LogP contribution in [0.2, 0.25) is 0 Å². The summed E-state index contributed by atoms with van der Waals surface area (Å²) in [5, 5.41) is 6.72. The fourth-order valence-electron chi connectivity index (χ4n) is 3.22. The second-order valence-corrected chi connectivity index (χ2v) is 8.20. The highest BCUT2D eigenvalue weighted by molar-refractivity contribution is 7.84. The van der Waals surface area contributed by atoms with Crippen LogP contribution in [0.15, 0.2) is 29.2 Å². The van der Waals surface area contributed by atoms with Crippen molar-refractivity contribution in [1.29, 1.82) is 0 Å². The van der Waals surface area contributed by atoms with Gasteiger partial charge in [-0.05, 0) is 49.8 Å². The van der Waals surface area contributed by atoms with E-state index in [1.165, 1.54) is 5.56 Å². The average molecular weight is 334 g/mol. The molecule has 2 aliphatic rings. The van der Waals surface area contributed by atoms with Gasteiger partial charge in [-0.25, -0.2) is 0 Å². The highest BCUT2D eigenvalue weighted by atomic mass is 32.2. The molecule has 0 spiro atoms. The van der Waals surface area contributed by atoms with Crippen molar-refractivity contribution in [3.8, 4) is 0 Å². The molecule has 2 saturated carbocycles. The van der Waals surface area contributed by atoms with Gasteiger partial charge >= 0.3 is 0 Å². The zero-order chi connectivity index (χ0) is 16.2. The molecule has 1 aromatic carbocycles. The van der Waals surface area contributed by atoms with E-state index in [0.717, 1.165) is 50.0 Å². The van der Waals surface area contributed by atoms with E-state index in [1.807, 2.05) is 24.3 Å². The molecule has 23 heavy (non-hydrogen) atoms.